The Kier molecular flexibility index (Phi) is 5.95. The summed E-state index contributed by atoms with van der Waals surface area (Å²) in [4.78, 5) is 28.7. The third-order valence-corrected chi connectivity index (χ3v) is 4.56. The molecule has 8 nitrogen and oxygen atoms in total. The number of nitrogens with one attached hydrogen (secondary N) is 3. The van der Waals surface area contributed by atoms with E-state index in [0.717, 1.165) is 0 Å². The van der Waals surface area contributed by atoms with Crippen LogP contribution in [0.5, 0.6) is 0 Å². The first-order chi connectivity index (χ1) is 14.3. The predicted molar refractivity (Wildman–Crippen MR) is 116 cm³/mol. The lowest BCUT2D eigenvalue weighted by atomic mass is 10.1. The maximum atomic E-state index is 12.8. The summed E-state index contributed by atoms with van der Waals surface area (Å²) in [6.07, 6.45) is 1.33. The summed E-state index contributed by atoms with van der Waals surface area (Å²) in [6, 6.07) is 11.1. The van der Waals surface area contributed by atoms with Gasteiger partial charge in [-0.3, -0.25) is 14.3 Å². The average molecular weight is 421 g/mol. The molecule has 1 heterocycles. The highest BCUT2D eigenvalue weighted by Crippen LogP contribution is 2.29. The van der Waals surface area contributed by atoms with Crippen LogP contribution in [-0.4, -0.2) is 27.3 Å². The standard InChI is InChI=1S/C21H17ClN6O2/c1-12(23)13-4-6-14(7-5-13)20(29)27-19-16(11-25-28(19)3)21(30)26-17-9-8-15(22)10-18(17)24-2/h4-11,23H,1,3H3,(H,26,30)(H,27,29). The van der Waals surface area contributed by atoms with E-state index in [9.17, 15) is 9.59 Å². The van der Waals surface area contributed by atoms with E-state index in [1.807, 2.05) is 0 Å². The molecule has 2 amide bonds. The van der Waals surface area contributed by atoms with E-state index in [1.165, 1.54) is 23.0 Å². The highest BCUT2D eigenvalue weighted by molar-refractivity contribution is 6.31. The molecule has 0 bridgehead atoms. The van der Waals surface area contributed by atoms with Gasteiger partial charge < -0.3 is 16.0 Å². The molecule has 0 fully saturated rings. The Bertz CT molecular complexity index is 1190. The first kappa shape index (κ1) is 20.8. The van der Waals surface area contributed by atoms with E-state index in [-0.39, 0.29) is 17.1 Å². The van der Waals surface area contributed by atoms with Crippen LogP contribution in [-0.2, 0) is 7.05 Å². The van der Waals surface area contributed by atoms with Gasteiger partial charge in [0.05, 0.1) is 12.8 Å². The van der Waals surface area contributed by atoms with Gasteiger partial charge >= 0.3 is 0 Å². The number of nitrogens with zero attached hydrogens (tertiary/aromatic N) is 3. The molecule has 0 radical (unpaired) electrons. The summed E-state index contributed by atoms with van der Waals surface area (Å²) in [7, 11) is 1.60. The van der Waals surface area contributed by atoms with Gasteiger partial charge in [0.2, 0.25) is 5.69 Å². The third kappa shape index (κ3) is 4.37. The lowest BCUT2D eigenvalue weighted by Crippen LogP contribution is -2.19. The van der Waals surface area contributed by atoms with Crippen LogP contribution in [0.1, 0.15) is 33.2 Å². The molecule has 0 aliphatic heterocycles. The Morgan fingerprint density at radius 3 is 2.40 bits per heavy atom. The van der Waals surface area contributed by atoms with Crippen molar-refractivity contribution in [1.29, 1.82) is 5.41 Å². The zero-order valence-electron chi connectivity index (χ0n) is 16.2. The van der Waals surface area contributed by atoms with Crippen molar-refractivity contribution >= 4 is 46.3 Å². The normalized spacial score (nSPS) is 10.2. The van der Waals surface area contributed by atoms with Gasteiger partial charge in [-0.1, -0.05) is 23.7 Å². The number of anilines is 2. The molecule has 0 spiro atoms. The molecule has 150 valence electrons. The minimum atomic E-state index is -0.527. The van der Waals surface area contributed by atoms with Crippen molar-refractivity contribution in [2.75, 3.05) is 10.6 Å². The van der Waals surface area contributed by atoms with Crippen molar-refractivity contribution in [3.8, 4) is 0 Å². The van der Waals surface area contributed by atoms with E-state index in [4.69, 9.17) is 23.6 Å². The zero-order chi connectivity index (χ0) is 21.8. The number of hydrogen-bond donors (Lipinski definition) is 3. The third-order valence-electron chi connectivity index (χ3n) is 4.32. The zero-order valence-corrected chi connectivity index (χ0v) is 16.9. The predicted octanol–water partition coefficient (Wildman–Crippen LogP) is 4.52. The van der Waals surface area contributed by atoms with Gasteiger partial charge in [0.15, 0.2) is 0 Å². The molecule has 1 aromatic heterocycles. The first-order valence-electron chi connectivity index (χ1n) is 8.77. The largest absolute Gasteiger partial charge is 0.331 e. The molecule has 0 atom stereocenters. The number of rotatable bonds is 5. The van der Waals surface area contributed by atoms with Crippen LogP contribution in [0.25, 0.3) is 4.85 Å². The molecule has 0 aliphatic carbocycles. The maximum Gasteiger partial charge on any atom is 0.260 e. The van der Waals surface area contributed by atoms with Crippen molar-refractivity contribution in [3.63, 3.8) is 0 Å². The van der Waals surface area contributed by atoms with Gasteiger partial charge in [-0.15, -0.1) is 0 Å². The van der Waals surface area contributed by atoms with Gasteiger partial charge in [-0.05, 0) is 42.8 Å². The topological polar surface area (TPSA) is 104 Å². The van der Waals surface area contributed by atoms with Crippen LogP contribution in [0.4, 0.5) is 17.2 Å². The number of benzene rings is 2. The lowest BCUT2D eigenvalue weighted by molar-refractivity contribution is 0.102. The molecule has 3 N–H and O–H groups in total. The second-order valence-corrected chi connectivity index (χ2v) is 6.85. The highest BCUT2D eigenvalue weighted by atomic mass is 35.5. The SMILES string of the molecule is [C-]#[N+]c1cc(Cl)ccc1NC(=O)c1cnn(C)c1NC(=O)c1ccc(C(C)=N)cc1. The van der Waals surface area contributed by atoms with Crippen molar-refractivity contribution in [2.24, 2.45) is 7.05 Å². The fraction of sp³-hybridized carbons (Fsp3) is 0.0952. The van der Waals surface area contributed by atoms with Crippen molar-refractivity contribution in [3.05, 3.63) is 81.8 Å². The Balaban J connectivity index is 1.82. The summed E-state index contributed by atoms with van der Waals surface area (Å²) in [6.45, 7) is 8.90. The van der Waals surface area contributed by atoms with Crippen LogP contribution >= 0.6 is 11.6 Å². The maximum absolute atomic E-state index is 12.8. The van der Waals surface area contributed by atoms with Crippen molar-refractivity contribution in [1.82, 2.24) is 9.78 Å². The van der Waals surface area contributed by atoms with Crippen LogP contribution < -0.4 is 10.6 Å². The number of carbonyl (C=O) groups excluding carboxylic acids is 2. The quantitative estimate of drug-likeness (QED) is 0.417. The molecule has 3 rings (SSSR count). The minimum absolute atomic E-state index is 0.142. The monoisotopic (exact) mass is 420 g/mol. The summed E-state index contributed by atoms with van der Waals surface area (Å²) < 4.78 is 1.38. The number of amides is 2. The molecule has 0 aliphatic rings. The van der Waals surface area contributed by atoms with Crippen LogP contribution in [0.15, 0.2) is 48.7 Å². The molecule has 30 heavy (non-hydrogen) atoms. The van der Waals surface area contributed by atoms with Gasteiger partial charge in [0, 0.05) is 29.0 Å². The van der Waals surface area contributed by atoms with Gasteiger partial charge in [-0.25, -0.2) is 4.85 Å². The second kappa shape index (κ2) is 8.59. The Morgan fingerprint density at radius 1 is 1.10 bits per heavy atom. The van der Waals surface area contributed by atoms with Crippen molar-refractivity contribution < 1.29 is 9.59 Å². The molecule has 3 aromatic rings. The van der Waals surface area contributed by atoms with Gasteiger partial charge in [-0.2, -0.15) is 5.10 Å². The number of hydrogen-bond acceptors (Lipinski definition) is 4. The molecule has 0 saturated heterocycles. The van der Waals surface area contributed by atoms with Crippen LogP contribution in [0.2, 0.25) is 5.02 Å². The summed E-state index contributed by atoms with van der Waals surface area (Å²) in [5.41, 5.74) is 2.13. The number of aromatic nitrogens is 2. The number of carbonyl (C=O) groups is 2. The number of aryl methyl sites for hydroxylation is 1. The van der Waals surface area contributed by atoms with E-state index in [2.05, 4.69) is 20.6 Å². The highest BCUT2D eigenvalue weighted by Gasteiger charge is 2.20. The minimum Gasteiger partial charge on any atom is -0.331 e. The molecule has 0 unspecified atom stereocenters. The van der Waals surface area contributed by atoms with E-state index < -0.39 is 11.8 Å². The van der Waals surface area contributed by atoms with Crippen LogP contribution in [0.3, 0.4) is 0 Å². The summed E-state index contributed by atoms with van der Waals surface area (Å²) in [5.74, 6) is -0.737. The second-order valence-electron chi connectivity index (χ2n) is 6.41. The van der Waals surface area contributed by atoms with E-state index in [0.29, 0.717) is 27.5 Å². The fourth-order valence-electron chi connectivity index (χ4n) is 2.70. The number of halogens is 1. The van der Waals surface area contributed by atoms with Crippen LogP contribution in [0, 0.1) is 12.0 Å². The van der Waals surface area contributed by atoms with Crippen molar-refractivity contribution in [2.45, 2.75) is 6.92 Å². The first-order valence-corrected chi connectivity index (χ1v) is 9.15. The van der Waals surface area contributed by atoms with Gasteiger partial charge in [0.1, 0.15) is 11.4 Å². The fourth-order valence-corrected chi connectivity index (χ4v) is 2.86. The molecular weight excluding hydrogens is 404 g/mol. The summed E-state index contributed by atoms with van der Waals surface area (Å²) in [5, 5.41) is 17.4. The Hall–Kier alpha value is -3.96. The van der Waals surface area contributed by atoms with Gasteiger partial charge in [0.25, 0.3) is 11.8 Å². The molecule has 9 heteroatoms. The smallest absolute Gasteiger partial charge is 0.260 e. The molecule has 0 saturated carbocycles. The Labute approximate surface area is 177 Å². The Morgan fingerprint density at radius 2 is 1.77 bits per heavy atom. The van der Waals surface area contributed by atoms with E-state index >= 15 is 0 Å². The lowest BCUT2D eigenvalue weighted by Gasteiger charge is -2.10. The molecular formula is C21H17ClN6O2. The van der Waals surface area contributed by atoms with E-state index in [1.54, 1.807) is 44.3 Å². The average Bonchev–Trinajstić information content (AvgIpc) is 3.09. The summed E-state index contributed by atoms with van der Waals surface area (Å²) >= 11 is 5.89. The molecule has 2 aromatic carbocycles.